The van der Waals surface area contributed by atoms with Gasteiger partial charge in [-0.1, -0.05) is 11.8 Å². The highest BCUT2D eigenvalue weighted by atomic mass is 32.2. The zero-order valence-corrected chi connectivity index (χ0v) is 13.2. The van der Waals surface area contributed by atoms with Crippen molar-refractivity contribution in [2.45, 2.75) is 31.3 Å². The van der Waals surface area contributed by atoms with E-state index in [1.807, 2.05) is 18.7 Å². The van der Waals surface area contributed by atoms with Gasteiger partial charge in [-0.25, -0.2) is 0 Å². The summed E-state index contributed by atoms with van der Waals surface area (Å²) in [5.74, 6) is 1.14. The van der Waals surface area contributed by atoms with Crippen molar-refractivity contribution in [1.29, 1.82) is 0 Å². The normalized spacial score (nSPS) is 22.0. The number of amides is 1. The molecule has 1 fully saturated rings. The molecule has 22 heavy (non-hydrogen) atoms. The lowest BCUT2D eigenvalue weighted by Gasteiger charge is -2.35. The van der Waals surface area contributed by atoms with E-state index >= 15 is 0 Å². The molecule has 3 heterocycles. The molecule has 0 bridgehead atoms. The van der Waals surface area contributed by atoms with Crippen LogP contribution in [0.2, 0.25) is 0 Å². The molecule has 8 heteroatoms. The van der Waals surface area contributed by atoms with Gasteiger partial charge in [0.1, 0.15) is 0 Å². The lowest BCUT2D eigenvalue weighted by molar-refractivity contribution is -0.140. The van der Waals surface area contributed by atoms with Gasteiger partial charge in [0.15, 0.2) is 5.76 Å². The summed E-state index contributed by atoms with van der Waals surface area (Å²) in [6.07, 6.45) is 1.66. The quantitative estimate of drug-likeness (QED) is 0.796. The zero-order valence-electron chi connectivity index (χ0n) is 12.4. The van der Waals surface area contributed by atoms with Gasteiger partial charge >= 0.3 is 0 Å². The molecule has 0 N–H and O–H groups in total. The van der Waals surface area contributed by atoms with Crippen LogP contribution in [-0.2, 0) is 9.53 Å². The minimum Gasteiger partial charge on any atom is -0.459 e. The van der Waals surface area contributed by atoms with Crippen LogP contribution >= 0.6 is 11.8 Å². The minimum atomic E-state index is 0.0461. The van der Waals surface area contributed by atoms with E-state index in [-0.39, 0.29) is 23.9 Å². The third kappa shape index (κ3) is 3.50. The average Bonchev–Trinajstić information content (AvgIpc) is 3.14. The van der Waals surface area contributed by atoms with Gasteiger partial charge < -0.3 is 18.5 Å². The number of ether oxygens (including phenoxy) is 1. The lowest BCUT2D eigenvalue weighted by Crippen LogP contribution is -2.48. The van der Waals surface area contributed by atoms with Crippen LogP contribution in [-0.4, -0.2) is 52.1 Å². The number of thioether (sulfide) groups is 1. The molecule has 1 saturated heterocycles. The summed E-state index contributed by atoms with van der Waals surface area (Å²) in [6, 6.07) is 3.49. The van der Waals surface area contributed by atoms with Crippen LogP contribution in [0.15, 0.2) is 32.5 Å². The van der Waals surface area contributed by atoms with E-state index in [9.17, 15) is 4.79 Å². The van der Waals surface area contributed by atoms with Gasteiger partial charge in [0.2, 0.25) is 5.91 Å². The summed E-state index contributed by atoms with van der Waals surface area (Å²) >= 11 is 1.23. The van der Waals surface area contributed by atoms with Crippen LogP contribution in [0.5, 0.6) is 0 Å². The molecule has 0 saturated carbocycles. The third-order valence-corrected chi connectivity index (χ3v) is 4.03. The smallest absolute Gasteiger partial charge is 0.284 e. The topological polar surface area (TPSA) is 81.6 Å². The molecule has 0 spiro atoms. The maximum Gasteiger partial charge on any atom is 0.284 e. The van der Waals surface area contributed by atoms with Crippen LogP contribution < -0.4 is 0 Å². The molecule has 0 unspecified atom stereocenters. The molecule has 1 aliphatic rings. The SMILES string of the molecule is C[C@@H]1CN(C(=O)CSc2nnc(-c3ccco3)o2)C[C@@H](C)O1. The van der Waals surface area contributed by atoms with E-state index < -0.39 is 0 Å². The molecular weight excluding hydrogens is 306 g/mol. The van der Waals surface area contributed by atoms with Gasteiger partial charge in [0, 0.05) is 13.1 Å². The second-order valence-corrected chi connectivity index (χ2v) is 6.12. The number of hydrogen-bond donors (Lipinski definition) is 0. The maximum absolute atomic E-state index is 12.2. The average molecular weight is 323 g/mol. The Bertz CT molecular complexity index is 618. The van der Waals surface area contributed by atoms with Crippen molar-refractivity contribution in [3.8, 4) is 11.7 Å². The molecule has 1 amide bonds. The van der Waals surface area contributed by atoms with E-state index in [0.29, 0.717) is 30.0 Å². The molecule has 2 aromatic heterocycles. The van der Waals surface area contributed by atoms with Crippen molar-refractivity contribution in [3.63, 3.8) is 0 Å². The molecule has 2 atom stereocenters. The third-order valence-electron chi connectivity index (χ3n) is 3.23. The van der Waals surface area contributed by atoms with Gasteiger partial charge in [-0.15, -0.1) is 10.2 Å². The number of rotatable bonds is 4. The molecule has 0 radical (unpaired) electrons. The predicted octanol–water partition coefficient (Wildman–Crippen LogP) is 2.06. The van der Waals surface area contributed by atoms with Gasteiger partial charge in [-0.05, 0) is 26.0 Å². The molecule has 1 aliphatic heterocycles. The number of aromatic nitrogens is 2. The van der Waals surface area contributed by atoms with Crippen molar-refractivity contribution >= 4 is 17.7 Å². The largest absolute Gasteiger partial charge is 0.459 e. The Morgan fingerprint density at radius 1 is 1.36 bits per heavy atom. The summed E-state index contributed by atoms with van der Waals surface area (Å²) < 4.78 is 16.3. The van der Waals surface area contributed by atoms with Gasteiger partial charge in [0.25, 0.3) is 11.1 Å². The molecule has 3 rings (SSSR count). The molecule has 2 aromatic rings. The van der Waals surface area contributed by atoms with E-state index in [2.05, 4.69) is 10.2 Å². The van der Waals surface area contributed by atoms with Crippen molar-refractivity contribution in [3.05, 3.63) is 18.4 Å². The molecule has 0 aromatic carbocycles. The van der Waals surface area contributed by atoms with Crippen molar-refractivity contribution in [1.82, 2.24) is 15.1 Å². The lowest BCUT2D eigenvalue weighted by atomic mass is 10.2. The summed E-state index contributed by atoms with van der Waals surface area (Å²) in [5.41, 5.74) is 0. The standard InChI is InChI=1S/C14H17N3O4S/c1-9-6-17(7-10(2)20-9)12(18)8-22-14-16-15-13(21-14)11-4-3-5-19-11/h3-5,9-10H,6-8H2,1-2H3/t9-,10-/m1/s1. The molecular formula is C14H17N3O4S. The Morgan fingerprint density at radius 2 is 2.14 bits per heavy atom. The van der Waals surface area contributed by atoms with E-state index in [1.54, 1.807) is 12.1 Å². The maximum atomic E-state index is 12.2. The Kier molecular flexibility index (Phi) is 4.49. The second-order valence-electron chi connectivity index (χ2n) is 5.20. The first-order chi connectivity index (χ1) is 10.6. The van der Waals surface area contributed by atoms with E-state index in [0.717, 1.165) is 0 Å². The number of hydrogen-bond acceptors (Lipinski definition) is 7. The summed E-state index contributed by atoms with van der Waals surface area (Å²) in [4.78, 5) is 14.1. The van der Waals surface area contributed by atoms with Crippen molar-refractivity contribution in [2.24, 2.45) is 0 Å². The van der Waals surface area contributed by atoms with Gasteiger partial charge in [-0.3, -0.25) is 4.79 Å². The van der Waals surface area contributed by atoms with Crippen LogP contribution in [0.4, 0.5) is 0 Å². The molecule has 7 nitrogen and oxygen atoms in total. The number of morpholine rings is 1. The van der Waals surface area contributed by atoms with E-state index in [4.69, 9.17) is 13.6 Å². The Hall–Kier alpha value is -1.80. The number of furan rings is 1. The minimum absolute atomic E-state index is 0.0461. The highest BCUT2D eigenvalue weighted by Crippen LogP contribution is 2.24. The molecule has 0 aliphatic carbocycles. The first-order valence-corrected chi connectivity index (χ1v) is 8.04. The summed E-state index contributed by atoms with van der Waals surface area (Å²) in [6.45, 7) is 5.17. The fraction of sp³-hybridized carbons (Fsp3) is 0.500. The van der Waals surface area contributed by atoms with E-state index in [1.165, 1.54) is 18.0 Å². The monoisotopic (exact) mass is 323 g/mol. The van der Waals surface area contributed by atoms with Gasteiger partial charge in [0.05, 0.1) is 24.2 Å². The predicted molar refractivity (Wildman–Crippen MR) is 79.3 cm³/mol. The fourth-order valence-corrected chi connectivity index (χ4v) is 3.03. The fourth-order valence-electron chi connectivity index (χ4n) is 2.36. The number of carbonyl (C=O) groups is 1. The first kappa shape index (κ1) is 15.1. The van der Waals surface area contributed by atoms with Crippen LogP contribution in [0.1, 0.15) is 13.8 Å². The number of carbonyl (C=O) groups excluding carboxylic acids is 1. The summed E-state index contributed by atoms with van der Waals surface area (Å²) in [7, 11) is 0. The van der Waals surface area contributed by atoms with Crippen LogP contribution in [0, 0.1) is 0 Å². The highest BCUT2D eigenvalue weighted by Gasteiger charge is 2.26. The summed E-state index contributed by atoms with van der Waals surface area (Å²) in [5, 5.41) is 8.16. The highest BCUT2D eigenvalue weighted by molar-refractivity contribution is 7.99. The van der Waals surface area contributed by atoms with Gasteiger partial charge in [-0.2, -0.15) is 0 Å². The zero-order chi connectivity index (χ0) is 15.5. The number of nitrogens with zero attached hydrogens (tertiary/aromatic N) is 3. The second kappa shape index (κ2) is 6.53. The Labute approximate surface area is 132 Å². The van der Waals surface area contributed by atoms with Crippen molar-refractivity contribution < 1.29 is 18.4 Å². The van der Waals surface area contributed by atoms with Crippen molar-refractivity contribution in [2.75, 3.05) is 18.8 Å². The molecule has 118 valence electrons. The Morgan fingerprint density at radius 3 is 2.82 bits per heavy atom. The van der Waals surface area contributed by atoms with Crippen LogP contribution in [0.3, 0.4) is 0 Å². The Balaban J connectivity index is 1.55. The van der Waals surface area contributed by atoms with Crippen LogP contribution in [0.25, 0.3) is 11.7 Å². The first-order valence-electron chi connectivity index (χ1n) is 7.05.